The molecule has 0 saturated carbocycles. The zero-order valence-electron chi connectivity index (χ0n) is 18.2. The highest BCUT2D eigenvalue weighted by atomic mass is 32.2. The number of nitrogens with one attached hydrogen (secondary N) is 2. The van der Waals surface area contributed by atoms with Gasteiger partial charge in [0.15, 0.2) is 5.69 Å². The van der Waals surface area contributed by atoms with E-state index in [9.17, 15) is 23.3 Å². The molecule has 0 saturated heterocycles. The van der Waals surface area contributed by atoms with Crippen LogP contribution < -0.4 is 14.8 Å². The summed E-state index contributed by atoms with van der Waals surface area (Å²) in [7, 11) is -2.56. The van der Waals surface area contributed by atoms with Crippen LogP contribution in [0.25, 0.3) is 0 Å². The van der Waals surface area contributed by atoms with Crippen LogP contribution in [0.5, 0.6) is 11.6 Å². The molecule has 3 aromatic rings. The number of nitrogens with zero attached hydrogens (tertiary/aromatic N) is 3. The first-order chi connectivity index (χ1) is 15.6. The zero-order chi connectivity index (χ0) is 24.2. The van der Waals surface area contributed by atoms with Crippen molar-refractivity contribution in [3.63, 3.8) is 0 Å². The number of amides is 1. The summed E-state index contributed by atoms with van der Waals surface area (Å²) in [6.45, 7) is 3.83. The van der Waals surface area contributed by atoms with E-state index in [2.05, 4.69) is 15.1 Å². The number of aromatic nitrogens is 2. The minimum atomic E-state index is -4.08. The molecule has 0 aliphatic rings. The molecule has 12 heteroatoms. The number of carbonyl (C=O) groups is 1. The second-order valence-corrected chi connectivity index (χ2v) is 8.94. The predicted molar refractivity (Wildman–Crippen MR) is 121 cm³/mol. The first-order valence-electron chi connectivity index (χ1n) is 9.98. The molecular formula is C21H23N5O6S. The Morgan fingerprint density at radius 3 is 2.64 bits per heavy atom. The van der Waals surface area contributed by atoms with Gasteiger partial charge in [0.25, 0.3) is 11.6 Å². The number of rotatable bonds is 9. The number of carbonyl (C=O) groups excluding carboxylic acids is 1. The van der Waals surface area contributed by atoms with Crippen LogP contribution in [-0.4, -0.2) is 35.6 Å². The predicted octanol–water partition coefficient (Wildman–Crippen LogP) is 3.37. The molecule has 1 heterocycles. The molecule has 0 aliphatic carbocycles. The van der Waals surface area contributed by atoms with Crippen molar-refractivity contribution in [3.8, 4) is 11.6 Å². The molecule has 0 spiro atoms. The third-order valence-corrected chi connectivity index (χ3v) is 6.01. The summed E-state index contributed by atoms with van der Waals surface area (Å²) >= 11 is 0. The van der Waals surface area contributed by atoms with Gasteiger partial charge in [0, 0.05) is 37.5 Å². The van der Waals surface area contributed by atoms with E-state index in [0.717, 1.165) is 17.7 Å². The van der Waals surface area contributed by atoms with Crippen molar-refractivity contribution < 1.29 is 22.9 Å². The van der Waals surface area contributed by atoms with Gasteiger partial charge >= 0.3 is 0 Å². The Kier molecular flexibility index (Phi) is 7.09. The Balaban J connectivity index is 1.91. The van der Waals surface area contributed by atoms with E-state index >= 15 is 0 Å². The third kappa shape index (κ3) is 5.73. The Labute approximate surface area is 190 Å². The minimum absolute atomic E-state index is 0.0458. The van der Waals surface area contributed by atoms with Crippen LogP contribution in [0.15, 0.2) is 53.4 Å². The van der Waals surface area contributed by atoms with Crippen LogP contribution in [-0.2, 0) is 17.1 Å². The number of anilines is 1. The fourth-order valence-corrected chi connectivity index (χ4v) is 4.18. The molecule has 2 N–H and O–H groups in total. The Bertz CT molecular complexity index is 1300. The van der Waals surface area contributed by atoms with Gasteiger partial charge < -0.3 is 10.1 Å². The molecule has 1 aromatic heterocycles. The molecule has 1 amide bonds. The van der Waals surface area contributed by atoms with Crippen molar-refractivity contribution >= 4 is 27.3 Å². The molecule has 0 radical (unpaired) electrons. The monoisotopic (exact) mass is 473 g/mol. The molecule has 2 aromatic carbocycles. The van der Waals surface area contributed by atoms with Crippen molar-refractivity contribution in [1.82, 2.24) is 14.5 Å². The smallest absolute Gasteiger partial charge is 0.276 e. The zero-order valence-corrected chi connectivity index (χ0v) is 19.0. The van der Waals surface area contributed by atoms with Crippen molar-refractivity contribution in [2.45, 2.75) is 25.2 Å². The van der Waals surface area contributed by atoms with Crippen LogP contribution in [0.2, 0.25) is 0 Å². The number of benzene rings is 2. The lowest BCUT2D eigenvalue weighted by Gasteiger charge is -2.12. The molecule has 3 rings (SSSR count). The van der Waals surface area contributed by atoms with E-state index in [1.165, 1.54) is 23.9 Å². The number of aryl methyl sites for hydroxylation is 2. The second kappa shape index (κ2) is 9.79. The largest absolute Gasteiger partial charge is 0.438 e. The lowest BCUT2D eigenvalue weighted by atomic mass is 10.2. The number of nitro groups is 1. The fraction of sp³-hybridized carbons (Fsp3) is 0.238. The summed E-state index contributed by atoms with van der Waals surface area (Å²) in [5.74, 6) is -0.546. The van der Waals surface area contributed by atoms with Crippen LogP contribution in [0.3, 0.4) is 0 Å². The normalized spacial score (nSPS) is 11.2. The van der Waals surface area contributed by atoms with Gasteiger partial charge in [-0.25, -0.2) is 17.8 Å². The Morgan fingerprint density at radius 2 is 1.97 bits per heavy atom. The maximum Gasteiger partial charge on any atom is 0.276 e. The molecule has 0 aliphatic heterocycles. The summed E-state index contributed by atoms with van der Waals surface area (Å²) in [5, 5.41) is 18.0. The highest BCUT2D eigenvalue weighted by Gasteiger charge is 2.25. The fourth-order valence-electron chi connectivity index (χ4n) is 2.91. The van der Waals surface area contributed by atoms with E-state index in [1.54, 1.807) is 25.1 Å². The van der Waals surface area contributed by atoms with Gasteiger partial charge in [0.2, 0.25) is 15.9 Å². The Hall–Kier alpha value is -3.77. The first kappa shape index (κ1) is 23.9. The molecule has 33 heavy (non-hydrogen) atoms. The Morgan fingerprint density at radius 1 is 1.21 bits per heavy atom. The SMILES string of the molecule is CCCNS(=O)(=O)c1cc([N+](=O)[O-])ccc1Oc1cc(C(=O)Nc2cccc(C)c2)nn1C. The molecule has 0 fully saturated rings. The summed E-state index contributed by atoms with van der Waals surface area (Å²) in [4.78, 5) is 22.7. The summed E-state index contributed by atoms with van der Waals surface area (Å²) in [6, 6.07) is 11.8. The highest BCUT2D eigenvalue weighted by molar-refractivity contribution is 7.89. The number of hydrogen-bond donors (Lipinski definition) is 2. The van der Waals surface area contributed by atoms with E-state index in [0.29, 0.717) is 12.1 Å². The van der Waals surface area contributed by atoms with Crippen molar-refractivity contribution in [2.75, 3.05) is 11.9 Å². The quantitative estimate of drug-likeness (QED) is 0.358. The van der Waals surface area contributed by atoms with Crippen LogP contribution in [0.1, 0.15) is 29.4 Å². The topological polar surface area (TPSA) is 145 Å². The van der Waals surface area contributed by atoms with Crippen LogP contribution in [0.4, 0.5) is 11.4 Å². The summed E-state index contributed by atoms with van der Waals surface area (Å²) < 4.78 is 34.8. The average molecular weight is 474 g/mol. The molecule has 0 atom stereocenters. The highest BCUT2D eigenvalue weighted by Crippen LogP contribution is 2.32. The van der Waals surface area contributed by atoms with Crippen molar-refractivity contribution in [3.05, 3.63) is 69.9 Å². The van der Waals surface area contributed by atoms with E-state index in [4.69, 9.17) is 4.74 Å². The molecule has 11 nitrogen and oxygen atoms in total. The van der Waals surface area contributed by atoms with Crippen molar-refractivity contribution in [2.24, 2.45) is 7.05 Å². The van der Waals surface area contributed by atoms with Gasteiger partial charge in [-0.3, -0.25) is 14.9 Å². The van der Waals surface area contributed by atoms with Gasteiger partial charge in [0.05, 0.1) is 4.92 Å². The lowest BCUT2D eigenvalue weighted by Crippen LogP contribution is -2.25. The third-order valence-electron chi connectivity index (χ3n) is 4.53. The van der Waals surface area contributed by atoms with Gasteiger partial charge in [-0.2, -0.15) is 5.10 Å². The number of nitro benzene ring substituents is 1. The minimum Gasteiger partial charge on any atom is -0.438 e. The van der Waals surface area contributed by atoms with E-state index in [1.807, 2.05) is 13.0 Å². The first-order valence-corrected chi connectivity index (χ1v) is 11.5. The molecule has 174 valence electrons. The number of sulfonamides is 1. The van der Waals surface area contributed by atoms with Crippen molar-refractivity contribution in [1.29, 1.82) is 0 Å². The maximum atomic E-state index is 12.7. The standard InChI is InChI=1S/C21H23N5O6S/c1-4-10-22-33(30,31)19-12-16(26(28)29)8-9-18(19)32-20-13-17(24-25(20)3)21(27)23-15-7-5-6-14(2)11-15/h5-9,11-13,22H,4,10H2,1-3H3,(H,23,27). The molecular weight excluding hydrogens is 450 g/mol. The molecule has 0 bridgehead atoms. The maximum absolute atomic E-state index is 12.7. The number of non-ortho nitro benzene ring substituents is 1. The van der Waals surface area contributed by atoms with Crippen LogP contribution in [0, 0.1) is 17.0 Å². The van der Waals surface area contributed by atoms with E-state index < -0.39 is 31.4 Å². The van der Waals surface area contributed by atoms with Crippen LogP contribution >= 0.6 is 0 Å². The summed E-state index contributed by atoms with van der Waals surface area (Å²) in [5.41, 5.74) is 1.21. The average Bonchev–Trinajstić information content (AvgIpc) is 3.13. The van der Waals surface area contributed by atoms with E-state index in [-0.39, 0.29) is 23.9 Å². The number of hydrogen-bond acceptors (Lipinski definition) is 7. The number of ether oxygens (including phenoxy) is 1. The van der Waals surface area contributed by atoms with Gasteiger partial charge in [-0.05, 0) is 37.1 Å². The van der Waals surface area contributed by atoms with Gasteiger partial charge in [-0.15, -0.1) is 0 Å². The van der Waals surface area contributed by atoms with Gasteiger partial charge in [-0.1, -0.05) is 19.1 Å². The summed E-state index contributed by atoms with van der Waals surface area (Å²) in [6.07, 6.45) is 0.533. The molecule has 0 unspecified atom stereocenters. The second-order valence-electron chi connectivity index (χ2n) is 7.20. The lowest BCUT2D eigenvalue weighted by molar-refractivity contribution is -0.385. The van der Waals surface area contributed by atoms with Gasteiger partial charge in [0.1, 0.15) is 10.6 Å².